The van der Waals surface area contributed by atoms with E-state index in [1.165, 1.54) is 31.4 Å². The van der Waals surface area contributed by atoms with E-state index in [1.807, 2.05) is 4.68 Å². The molecule has 4 aliphatic rings. The Bertz CT molecular complexity index is 916. The highest BCUT2D eigenvalue weighted by Crippen LogP contribution is 2.60. The molecule has 1 heterocycles. The number of aromatic nitrogens is 2. The molecular weight excluding hydrogens is 365 g/mol. The molecule has 3 saturated carbocycles. The summed E-state index contributed by atoms with van der Waals surface area (Å²) in [6, 6.07) is 6.35. The Labute approximate surface area is 171 Å². The zero-order valence-corrected chi connectivity index (χ0v) is 17.4. The SMILES string of the molecule is CC1(C)C2CC(CNC(=O)c3nn(-c4ccc(F)cc4)c4c3CCCC4)CC1C2. The fourth-order valence-corrected chi connectivity index (χ4v) is 5.89. The lowest BCUT2D eigenvalue weighted by molar-refractivity contribution is -0.0887. The third-order valence-electron chi connectivity index (χ3n) is 7.93. The maximum absolute atomic E-state index is 13.3. The molecule has 2 unspecified atom stereocenters. The fourth-order valence-electron chi connectivity index (χ4n) is 5.89. The lowest BCUT2D eigenvalue weighted by atomic mass is 9.47. The van der Waals surface area contributed by atoms with Gasteiger partial charge in [-0.1, -0.05) is 13.8 Å². The molecule has 0 spiro atoms. The zero-order valence-electron chi connectivity index (χ0n) is 17.4. The van der Waals surface area contributed by atoms with Crippen molar-refractivity contribution < 1.29 is 9.18 Å². The topological polar surface area (TPSA) is 46.9 Å². The van der Waals surface area contributed by atoms with E-state index < -0.39 is 0 Å². The van der Waals surface area contributed by atoms with Crippen molar-refractivity contribution in [2.24, 2.45) is 23.2 Å². The Morgan fingerprint density at radius 2 is 1.83 bits per heavy atom. The lowest BCUT2D eigenvalue weighted by Crippen LogP contribution is -2.52. The quantitative estimate of drug-likeness (QED) is 0.816. The van der Waals surface area contributed by atoms with Crippen LogP contribution in [0.5, 0.6) is 0 Å². The Balaban J connectivity index is 1.33. The van der Waals surface area contributed by atoms with Crippen LogP contribution < -0.4 is 5.32 Å². The highest BCUT2D eigenvalue weighted by atomic mass is 19.1. The first-order chi connectivity index (χ1) is 13.9. The molecule has 0 saturated heterocycles. The average molecular weight is 396 g/mol. The van der Waals surface area contributed by atoms with Gasteiger partial charge >= 0.3 is 0 Å². The normalized spacial score (nSPS) is 27.1. The van der Waals surface area contributed by atoms with Gasteiger partial charge in [-0.15, -0.1) is 0 Å². The molecule has 1 amide bonds. The second kappa shape index (κ2) is 6.96. The van der Waals surface area contributed by atoms with Crippen molar-refractivity contribution in [3.05, 3.63) is 47.0 Å². The Kier molecular flexibility index (Phi) is 4.52. The standard InChI is InChI=1S/C24H30FN3O/c1-24(2)16-11-15(12-17(24)13-16)14-26-23(29)22-20-5-3-4-6-21(20)28(27-22)19-9-7-18(25)8-10-19/h7-10,15-17H,3-6,11-14H2,1-2H3,(H,26,29). The third kappa shape index (κ3) is 3.19. The molecule has 1 aromatic heterocycles. The molecule has 29 heavy (non-hydrogen) atoms. The van der Waals surface area contributed by atoms with Crippen LogP contribution in [0.3, 0.4) is 0 Å². The van der Waals surface area contributed by atoms with Gasteiger partial charge in [-0.3, -0.25) is 4.79 Å². The van der Waals surface area contributed by atoms with Crippen molar-refractivity contribution in [3.63, 3.8) is 0 Å². The van der Waals surface area contributed by atoms with Gasteiger partial charge < -0.3 is 5.32 Å². The van der Waals surface area contributed by atoms with Crippen LogP contribution in [-0.4, -0.2) is 22.2 Å². The number of hydrogen-bond acceptors (Lipinski definition) is 2. The highest BCUT2D eigenvalue weighted by Gasteiger charge is 2.52. The Morgan fingerprint density at radius 3 is 2.52 bits per heavy atom. The van der Waals surface area contributed by atoms with E-state index in [4.69, 9.17) is 0 Å². The Hall–Kier alpha value is -2.17. The van der Waals surface area contributed by atoms with Crippen LogP contribution in [0.4, 0.5) is 4.39 Å². The minimum absolute atomic E-state index is 0.0532. The van der Waals surface area contributed by atoms with Gasteiger partial charge in [-0.25, -0.2) is 9.07 Å². The maximum atomic E-state index is 13.3. The van der Waals surface area contributed by atoms with Gasteiger partial charge in [0.1, 0.15) is 5.82 Å². The Morgan fingerprint density at radius 1 is 1.14 bits per heavy atom. The van der Waals surface area contributed by atoms with Crippen LogP contribution >= 0.6 is 0 Å². The summed E-state index contributed by atoms with van der Waals surface area (Å²) in [5.74, 6) is 1.90. The maximum Gasteiger partial charge on any atom is 0.272 e. The number of carbonyl (C=O) groups excluding carboxylic acids is 1. The van der Waals surface area contributed by atoms with Crippen molar-refractivity contribution in [1.29, 1.82) is 0 Å². The average Bonchev–Trinajstić information content (AvgIpc) is 3.12. The summed E-state index contributed by atoms with van der Waals surface area (Å²) in [7, 11) is 0. The molecule has 2 atom stereocenters. The molecule has 0 aliphatic heterocycles. The number of nitrogens with one attached hydrogen (secondary N) is 1. The summed E-state index contributed by atoms with van der Waals surface area (Å²) in [4.78, 5) is 13.0. The van der Waals surface area contributed by atoms with Crippen molar-refractivity contribution >= 4 is 5.91 Å². The van der Waals surface area contributed by atoms with Gasteiger partial charge in [0.15, 0.2) is 5.69 Å². The van der Waals surface area contributed by atoms with Gasteiger partial charge in [0.05, 0.1) is 5.69 Å². The van der Waals surface area contributed by atoms with E-state index in [0.717, 1.165) is 61.0 Å². The molecule has 2 aromatic rings. The number of fused-ring (bicyclic) bond motifs is 3. The number of benzene rings is 1. The predicted molar refractivity (Wildman–Crippen MR) is 111 cm³/mol. The summed E-state index contributed by atoms with van der Waals surface area (Å²) in [6.07, 6.45) is 7.81. The van der Waals surface area contributed by atoms with Crippen molar-refractivity contribution in [2.75, 3.05) is 6.54 Å². The molecular formula is C24H30FN3O. The van der Waals surface area contributed by atoms with E-state index in [0.29, 0.717) is 17.0 Å². The van der Waals surface area contributed by atoms with Crippen LogP contribution in [0.15, 0.2) is 24.3 Å². The summed E-state index contributed by atoms with van der Waals surface area (Å²) in [6.45, 7) is 5.55. The number of hydrogen-bond donors (Lipinski definition) is 1. The van der Waals surface area contributed by atoms with Crippen molar-refractivity contribution in [1.82, 2.24) is 15.1 Å². The first-order valence-electron chi connectivity index (χ1n) is 11.1. The minimum atomic E-state index is -0.263. The summed E-state index contributed by atoms with van der Waals surface area (Å²) < 4.78 is 15.2. The number of halogens is 1. The number of carbonyl (C=O) groups is 1. The molecule has 1 N–H and O–H groups in total. The monoisotopic (exact) mass is 395 g/mol. The molecule has 1 aromatic carbocycles. The van der Waals surface area contributed by atoms with E-state index in [2.05, 4.69) is 24.3 Å². The second-order valence-electron chi connectivity index (χ2n) is 9.87. The molecule has 154 valence electrons. The second-order valence-corrected chi connectivity index (χ2v) is 9.87. The van der Waals surface area contributed by atoms with Crippen LogP contribution in [-0.2, 0) is 12.8 Å². The smallest absolute Gasteiger partial charge is 0.272 e. The van der Waals surface area contributed by atoms with Crippen molar-refractivity contribution in [3.8, 4) is 5.69 Å². The first kappa shape index (κ1) is 18.8. The number of amides is 1. The molecule has 3 fully saturated rings. The van der Waals surface area contributed by atoms with Gasteiger partial charge in [0.25, 0.3) is 5.91 Å². The van der Waals surface area contributed by atoms with Crippen LogP contribution in [0, 0.1) is 29.0 Å². The molecule has 4 aliphatic carbocycles. The fraction of sp³-hybridized carbons (Fsp3) is 0.583. The summed E-state index contributed by atoms with van der Waals surface area (Å²) in [5.41, 5.74) is 4.05. The zero-order chi connectivity index (χ0) is 20.2. The highest BCUT2D eigenvalue weighted by molar-refractivity contribution is 5.94. The molecule has 0 radical (unpaired) electrons. The largest absolute Gasteiger partial charge is 0.350 e. The molecule has 5 heteroatoms. The number of nitrogens with zero attached hydrogens (tertiary/aromatic N) is 2. The third-order valence-corrected chi connectivity index (χ3v) is 7.93. The van der Waals surface area contributed by atoms with Gasteiger partial charge in [-0.05, 0) is 92.4 Å². The van der Waals surface area contributed by atoms with Crippen LogP contribution in [0.25, 0.3) is 5.69 Å². The van der Waals surface area contributed by atoms with E-state index in [1.54, 1.807) is 12.1 Å². The van der Waals surface area contributed by atoms with E-state index >= 15 is 0 Å². The van der Waals surface area contributed by atoms with Gasteiger partial charge in [0, 0.05) is 17.8 Å². The van der Waals surface area contributed by atoms with Crippen LogP contribution in [0.1, 0.15) is 67.7 Å². The van der Waals surface area contributed by atoms with E-state index in [-0.39, 0.29) is 11.7 Å². The van der Waals surface area contributed by atoms with Crippen molar-refractivity contribution in [2.45, 2.75) is 58.8 Å². The predicted octanol–water partition coefficient (Wildman–Crippen LogP) is 4.69. The summed E-state index contributed by atoms with van der Waals surface area (Å²) in [5, 5.41) is 7.87. The van der Waals surface area contributed by atoms with E-state index in [9.17, 15) is 9.18 Å². The lowest BCUT2D eigenvalue weighted by Gasteiger charge is -2.59. The van der Waals surface area contributed by atoms with Crippen LogP contribution in [0.2, 0.25) is 0 Å². The molecule has 6 rings (SSSR count). The van der Waals surface area contributed by atoms with Gasteiger partial charge in [0.2, 0.25) is 0 Å². The number of rotatable bonds is 4. The minimum Gasteiger partial charge on any atom is -0.350 e. The van der Waals surface area contributed by atoms with Gasteiger partial charge in [-0.2, -0.15) is 5.10 Å². The summed E-state index contributed by atoms with van der Waals surface area (Å²) >= 11 is 0. The molecule has 4 nitrogen and oxygen atoms in total. The first-order valence-corrected chi connectivity index (χ1v) is 11.1. The molecule has 2 bridgehead atoms.